The largest absolute Gasteiger partial charge is 0.444 e. The van der Waals surface area contributed by atoms with Crippen LogP contribution in [0, 0.1) is 0 Å². The molecule has 1 amide bonds. The van der Waals surface area contributed by atoms with Crippen molar-refractivity contribution in [2.24, 2.45) is 0 Å². The van der Waals surface area contributed by atoms with E-state index in [-0.39, 0.29) is 11.9 Å². The molecule has 6 heteroatoms. The zero-order chi connectivity index (χ0) is 18.6. The van der Waals surface area contributed by atoms with Crippen molar-refractivity contribution in [2.75, 3.05) is 32.8 Å². The molecular weight excluding hydrogens is 408 g/mol. The van der Waals surface area contributed by atoms with Gasteiger partial charge in [0.1, 0.15) is 0 Å². The van der Waals surface area contributed by atoms with Crippen molar-refractivity contribution in [3.05, 3.63) is 70.6 Å². The molecule has 140 valence electrons. The highest BCUT2D eigenvalue weighted by Crippen LogP contribution is 2.29. The van der Waals surface area contributed by atoms with Gasteiger partial charge in [0, 0.05) is 19.6 Å². The Morgan fingerprint density at radius 3 is 2.63 bits per heavy atom. The molecule has 0 radical (unpaired) electrons. The van der Waals surface area contributed by atoms with Crippen LogP contribution in [0.1, 0.15) is 22.2 Å². The van der Waals surface area contributed by atoms with Gasteiger partial charge in [0.15, 0.2) is 10.4 Å². The van der Waals surface area contributed by atoms with Gasteiger partial charge in [-0.15, -0.1) is 0 Å². The van der Waals surface area contributed by atoms with Gasteiger partial charge >= 0.3 is 0 Å². The van der Waals surface area contributed by atoms with Crippen LogP contribution in [0.5, 0.6) is 0 Å². The highest BCUT2D eigenvalue weighted by atomic mass is 79.9. The molecule has 0 spiro atoms. The number of amides is 1. The number of carbonyl (C=O) groups excluding carboxylic acids is 1. The maximum absolute atomic E-state index is 12.5. The maximum Gasteiger partial charge on any atom is 0.287 e. The minimum absolute atomic E-state index is 0.0716. The van der Waals surface area contributed by atoms with Crippen molar-refractivity contribution in [1.82, 2.24) is 10.2 Å². The number of furan rings is 1. The second-order valence-electron chi connectivity index (χ2n) is 6.55. The first-order valence-electron chi connectivity index (χ1n) is 9.05. The van der Waals surface area contributed by atoms with Crippen molar-refractivity contribution in [2.45, 2.75) is 6.04 Å². The lowest BCUT2D eigenvalue weighted by Crippen LogP contribution is -2.43. The van der Waals surface area contributed by atoms with Crippen LogP contribution in [0.4, 0.5) is 0 Å². The van der Waals surface area contributed by atoms with Crippen LogP contribution in [0.15, 0.2) is 63.7 Å². The first-order chi connectivity index (χ1) is 13.2. The fourth-order valence-electron chi connectivity index (χ4n) is 3.58. The number of rotatable bonds is 5. The Kier molecular flexibility index (Phi) is 5.57. The predicted octanol–water partition coefficient (Wildman–Crippen LogP) is 4.00. The number of hydrogen-bond acceptors (Lipinski definition) is 4. The topological polar surface area (TPSA) is 54.7 Å². The number of nitrogens with one attached hydrogen (secondary N) is 1. The Morgan fingerprint density at radius 1 is 1.07 bits per heavy atom. The average Bonchev–Trinajstić information content (AvgIpc) is 3.15. The van der Waals surface area contributed by atoms with Crippen molar-refractivity contribution in [1.29, 1.82) is 0 Å². The van der Waals surface area contributed by atoms with Crippen molar-refractivity contribution in [3.63, 3.8) is 0 Å². The quantitative estimate of drug-likeness (QED) is 0.667. The molecule has 1 aromatic heterocycles. The summed E-state index contributed by atoms with van der Waals surface area (Å²) in [6, 6.07) is 18.2. The number of benzene rings is 2. The first-order valence-corrected chi connectivity index (χ1v) is 9.84. The highest BCUT2D eigenvalue weighted by molar-refractivity contribution is 9.10. The zero-order valence-corrected chi connectivity index (χ0v) is 16.4. The van der Waals surface area contributed by atoms with E-state index in [0.717, 1.165) is 13.1 Å². The summed E-state index contributed by atoms with van der Waals surface area (Å²) in [7, 11) is 0. The fraction of sp³-hybridized carbons (Fsp3) is 0.286. The third-order valence-corrected chi connectivity index (χ3v) is 5.35. The first kappa shape index (κ1) is 18.2. The molecule has 27 heavy (non-hydrogen) atoms. The van der Waals surface area contributed by atoms with Crippen molar-refractivity contribution in [3.8, 4) is 0 Å². The summed E-state index contributed by atoms with van der Waals surface area (Å²) in [5.41, 5.74) is 1.22. The molecule has 0 bridgehead atoms. The minimum atomic E-state index is -0.209. The van der Waals surface area contributed by atoms with Gasteiger partial charge in [-0.05, 0) is 44.4 Å². The summed E-state index contributed by atoms with van der Waals surface area (Å²) >= 11 is 3.24. The number of hydrogen-bond donors (Lipinski definition) is 1. The van der Waals surface area contributed by atoms with Crippen molar-refractivity contribution < 1.29 is 13.9 Å². The molecule has 2 aromatic carbocycles. The SMILES string of the molecule is O=C(NC[C@@H](c1cccc2ccccc12)N1CCOCC1)c1ccc(Br)o1. The van der Waals surface area contributed by atoms with Gasteiger partial charge in [-0.25, -0.2) is 0 Å². The lowest BCUT2D eigenvalue weighted by molar-refractivity contribution is 0.0164. The second-order valence-corrected chi connectivity index (χ2v) is 7.33. The molecular formula is C21H21BrN2O3. The van der Waals surface area contributed by atoms with Gasteiger partial charge < -0.3 is 14.5 Å². The zero-order valence-electron chi connectivity index (χ0n) is 14.9. The van der Waals surface area contributed by atoms with Gasteiger partial charge in [-0.1, -0.05) is 42.5 Å². The molecule has 1 aliphatic heterocycles. The summed E-state index contributed by atoms with van der Waals surface area (Å²) in [6.07, 6.45) is 0. The molecule has 1 saturated heterocycles. The van der Waals surface area contributed by atoms with Crippen LogP contribution in [-0.4, -0.2) is 43.7 Å². The number of ether oxygens (including phenoxy) is 1. The number of nitrogens with zero attached hydrogens (tertiary/aromatic N) is 1. The molecule has 1 fully saturated rings. The van der Waals surface area contributed by atoms with Crippen LogP contribution in [0.25, 0.3) is 10.8 Å². The summed E-state index contributed by atoms with van der Waals surface area (Å²) in [5.74, 6) is 0.0970. The summed E-state index contributed by atoms with van der Waals surface area (Å²) in [5, 5.41) is 5.45. The van der Waals surface area contributed by atoms with E-state index in [0.29, 0.717) is 30.2 Å². The minimum Gasteiger partial charge on any atom is -0.444 e. The average molecular weight is 429 g/mol. The molecule has 3 aromatic rings. The Hall–Kier alpha value is -2.15. The van der Waals surface area contributed by atoms with E-state index in [4.69, 9.17) is 9.15 Å². The normalized spacial score (nSPS) is 16.3. The molecule has 0 aliphatic carbocycles. The Bertz CT molecular complexity index is 929. The second kappa shape index (κ2) is 8.25. The number of fused-ring (bicyclic) bond motifs is 1. The molecule has 0 saturated carbocycles. The standard InChI is InChI=1S/C21H21BrN2O3/c22-20-9-8-19(27-20)21(25)23-14-18(24-10-12-26-13-11-24)17-7-3-5-15-4-1-2-6-16(15)17/h1-9,18H,10-14H2,(H,23,25)/t18-/m0/s1. The van der Waals surface area contributed by atoms with E-state index < -0.39 is 0 Å². The molecule has 5 nitrogen and oxygen atoms in total. The molecule has 1 N–H and O–H groups in total. The fourth-order valence-corrected chi connectivity index (χ4v) is 3.89. The van der Waals surface area contributed by atoms with Gasteiger partial charge in [0.25, 0.3) is 5.91 Å². The maximum atomic E-state index is 12.5. The van der Waals surface area contributed by atoms with Crippen LogP contribution in [0.2, 0.25) is 0 Å². The molecule has 1 aliphatic rings. The van der Waals surface area contributed by atoms with E-state index in [1.54, 1.807) is 12.1 Å². The molecule has 1 atom stereocenters. The van der Waals surface area contributed by atoms with Crippen LogP contribution in [-0.2, 0) is 4.74 Å². The lowest BCUT2D eigenvalue weighted by atomic mass is 9.97. The monoisotopic (exact) mass is 428 g/mol. The third kappa shape index (κ3) is 4.08. The van der Waals surface area contributed by atoms with Crippen LogP contribution >= 0.6 is 15.9 Å². The van der Waals surface area contributed by atoms with Crippen LogP contribution < -0.4 is 5.32 Å². The molecule has 0 unspecified atom stereocenters. The lowest BCUT2D eigenvalue weighted by Gasteiger charge is -2.35. The summed E-state index contributed by atoms with van der Waals surface area (Å²) in [6.45, 7) is 3.61. The third-order valence-electron chi connectivity index (χ3n) is 4.92. The number of carbonyl (C=O) groups is 1. The van der Waals surface area contributed by atoms with E-state index >= 15 is 0 Å². The van der Waals surface area contributed by atoms with Gasteiger partial charge in [0.2, 0.25) is 0 Å². The highest BCUT2D eigenvalue weighted by Gasteiger charge is 2.25. The number of halogens is 1. The summed E-state index contributed by atoms with van der Waals surface area (Å²) in [4.78, 5) is 14.8. The Labute approximate surface area is 166 Å². The van der Waals surface area contributed by atoms with Gasteiger partial charge in [-0.2, -0.15) is 0 Å². The van der Waals surface area contributed by atoms with E-state index in [1.807, 2.05) is 6.07 Å². The Balaban J connectivity index is 1.61. The number of morpholine rings is 1. The smallest absolute Gasteiger partial charge is 0.287 e. The Morgan fingerprint density at radius 2 is 1.85 bits per heavy atom. The van der Waals surface area contributed by atoms with Gasteiger partial charge in [0.05, 0.1) is 19.3 Å². The van der Waals surface area contributed by atoms with E-state index in [1.165, 1.54) is 16.3 Å². The summed E-state index contributed by atoms with van der Waals surface area (Å²) < 4.78 is 11.4. The van der Waals surface area contributed by atoms with Crippen molar-refractivity contribution >= 4 is 32.6 Å². The van der Waals surface area contributed by atoms with E-state index in [9.17, 15) is 4.79 Å². The van der Waals surface area contributed by atoms with Crippen LogP contribution in [0.3, 0.4) is 0 Å². The molecule has 2 heterocycles. The van der Waals surface area contributed by atoms with E-state index in [2.05, 4.69) is 62.5 Å². The van der Waals surface area contributed by atoms with Gasteiger partial charge in [-0.3, -0.25) is 9.69 Å². The molecule has 4 rings (SSSR count). The predicted molar refractivity (Wildman–Crippen MR) is 108 cm³/mol.